The van der Waals surface area contributed by atoms with Gasteiger partial charge >= 0.3 is 0 Å². The van der Waals surface area contributed by atoms with Gasteiger partial charge in [-0.15, -0.1) is 6.58 Å². The molecule has 0 radical (unpaired) electrons. The van der Waals surface area contributed by atoms with Gasteiger partial charge in [-0.05, 0) is 87.9 Å². The van der Waals surface area contributed by atoms with Crippen molar-refractivity contribution in [3.63, 3.8) is 0 Å². The molecule has 0 unspecified atom stereocenters. The largest absolute Gasteiger partial charge is 0.198 e. The van der Waals surface area contributed by atoms with Gasteiger partial charge in [-0.3, -0.25) is 0 Å². The SMILES string of the molecule is C=CCC1CCC(C23CCC(C#N)(CC2)CC3)CC1. The molecule has 1 nitrogen and oxygen atoms in total. The van der Waals surface area contributed by atoms with E-state index in [-0.39, 0.29) is 5.41 Å². The molecule has 0 N–H and O–H groups in total. The Morgan fingerprint density at radius 3 is 2.05 bits per heavy atom. The van der Waals surface area contributed by atoms with Gasteiger partial charge in [-0.1, -0.05) is 6.08 Å². The van der Waals surface area contributed by atoms with Crippen molar-refractivity contribution in [1.29, 1.82) is 5.26 Å². The monoisotopic (exact) mass is 257 g/mol. The highest BCUT2D eigenvalue weighted by Crippen LogP contribution is 2.62. The molecule has 0 aromatic heterocycles. The molecule has 0 amide bonds. The lowest BCUT2D eigenvalue weighted by atomic mass is 9.49. The first-order valence-electron chi connectivity index (χ1n) is 8.24. The van der Waals surface area contributed by atoms with Crippen LogP contribution in [-0.4, -0.2) is 0 Å². The predicted octanol–water partition coefficient (Wildman–Crippen LogP) is 5.23. The molecule has 0 spiro atoms. The van der Waals surface area contributed by atoms with Crippen LogP contribution in [0.25, 0.3) is 0 Å². The van der Waals surface area contributed by atoms with Gasteiger partial charge in [0.15, 0.2) is 0 Å². The molecular formula is C18H27N. The van der Waals surface area contributed by atoms with Gasteiger partial charge in [0.05, 0.1) is 11.5 Å². The van der Waals surface area contributed by atoms with Crippen molar-refractivity contribution in [1.82, 2.24) is 0 Å². The Bertz CT molecular complexity index is 356. The fourth-order valence-electron chi connectivity index (χ4n) is 5.24. The summed E-state index contributed by atoms with van der Waals surface area (Å²) in [4.78, 5) is 0. The maximum atomic E-state index is 9.39. The molecule has 2 bridgehead atoms. The molecule has 4 aliphatic carbocycles. The first-order chi connectivity index (χ1) is 9.22. The number of nitrogens with zero attached hydrogens (tertiary/aromatic N) is 1. The van der Waals surface area contributed by atoms with Gasteiger partial charge in [-0.2, -0.15) is 5.26 Å². The van der Waals surface area contributed by atoms with Crippen molar-refractivity contribution in [3.05, 3.63) is 12.7 Å². The fourth-order valence-corrected chi connectivity index (χ4v) is 5.24. The van der Waals surface area contributed by atoms with Crippen LogP contribution in [0.4, 0.5) is 0 Å². The van der Waals surface area contributed by atoms with Crippen LogP contribution in [0.3, 0.4) is 0 Å². The van der Waals surface area contributed by atoms with Crippen LogP contribution < -0.4 is 0 Å². The van der Waals surface area contributed by atoms with Crippen LogP contribution in [0.1, 0.15) is 70.6 Å². The maximum absolute atomic E-state index is 9.39. The van der Waals surface area contributed by atoms with Crippen LogP contribution in [0, 0.1) is 34.0 Å². The van der Waals surface area contributed by atoms with E-state index in [0.29, 0.717) is 5.41 Å². The number of fused-ring (bicyclic) bond motifs is 3. The molecular weight excluding hydrogens is 230 g/mol. The van der Waals surface area contributed by atoms with Crippen molar-refractivity contribution < 1.29 is 0 Å². The number of nitriles is 1. The summed E-state index contributed by atoms with van der Waals surface area (Å²) in [5, 5.41) is 9.39. The topological polar surface area (TPSA) is 23.8 Å². The van der Waals surface area contributed by atoms with E-state index < -0.39 is 0 Å². The minimum atomic E-state index is 0.0851. The highest BCUT2D eigenvalue weighted by Gasteiger charge is 2.52. The van der Waals surface area contributed by atoms with Crippen molar-refractivity contribution in [2.24, 2.45) is 22.7 Å². The summed E-state index contributed by atoms with van der Waals surface area (Å²) in [6, 6.07) is 2.64. The number of hydrogen-bond donors (Lipinski definition) is 0. The van der Waals surface area contributed by atoms with Crippen LogP contribution in [0.2, 0.25) is 0 Å². The third-order valence-electron chi connectivity index (χ3n) is 6.75. The quantitative estimate of drug-likeness (QED) is 0.635. The summed E-state index contributed by atoms with van der Waals surface area (Å²) in [5.74, 6) is 1.88. The standard InChI is InChI=1S/C18H27N/c1-2-3-15-4-6-16(7-5-15)18-11-8-17(14-19,9-12-18)10-13-18/h2,15-16H,1,3-13H2. The van der Waals surface area contributed by atoms with Gasteiger partial charge in [0.2, 0.25) is 0 Å². The van der Waals surface area contributed by atoms with E-state index >= 15 is 0 Å². The smallest absolute Gasteiger partial charge is 0.0689 e. The zero-order chi connectivity index (χ0) is 13.3. The molecule has 4 fully saturated rings. The summed E-state index contributed by atoms with van der Waals surface area (Å²) < 4.78 is 0. The van der Waals surface area contributed by atoms with Crippen LogP contribution in [0.15, 0.2) is 12.7 Å². The summed E-state index contributed by atoms with van der Waals surface area (Å²) in [6.07, 6.45) is 16.6. The van der Waals surface area contributed by atoms with Crippen LogP contribution >= 0.6 is 0 Å². The molecule has 0 heterocycles. The predicted molar refractivity (Wildman–Crippen MR) is 78.4 cm³/mol. The third-order valence-corrected chi connectivity index (χ3v) is 6.75. The summed E-state index contributed by atoms with van der Waals surface area (Å²) in [7, 11) is 0. The Morgan fingerprint density at radius 2 is 1.58 bits per heavy atom. The zero-order valence-corrected chi connectivity index (χ0v) is 12.2. The molecule has 0 saturated heterocycles. The second-order valence-corrected chi connectivity index (χ2v) is 7.50. The van der Waals surface area contributed by atoms with Gasteiger partial charge < -0.3 is 0 Å². The van der Waals surface area contributed by atoms with Gasteiger partial charge in [-0.25, -0.2) is 0 Å². The highest BCUT2D eigenvalue weighted by molar-refractivity contribution is 5.10. The summed E-state index contributed by atoms with van der Waals surface area (Å²) >= 11 is 0. The lowest BCUT2D eigenvalue weighted by molar-refractivity contribution is -0.0380. The van der Waals surface area contributed by atoms with Crippen molar-refractivity contribution >= 4 is 0 Å². The molecule has 1 heteroatoms. The van der Waals surface area contributed by atoms with E-state index in [1.807, 2.05) is 0 Å². The second-order valence-electron chi connectivity index (χ2n) is 7.50. The average molecular weight is 257 g/mol. The molecule has 4 rings (SSSR count). The lowest BCUT2D eigenvalue weighted by Gasteiger charge is -2.55. The minimum Gasteiger partial charge on any atom is -0.198 e. The Labute approximate surface area is 118 Å². The number of rotatable bonds is 3. The molecule has 0 atom stereocenters. The van der Waals surface area contributed by atoms with E-state index in [2.05, 4.69) is 18.7 Å². The average Bonchev–Trinajstić information content (AvgIpc) is 2.50. The molecule has 0 aromatic carbocycles. The van der Waals surface area contributed by atoms with Gasteiger partial charge in [0, 0.05) is 0 Å². The normalized spacial score (nSPS) is 45.6. The Hall–Kier alpha value is -0.770. The summed E-state index contributed by atoms with van der Waals surface area (Å²) in [6.45, 7) is 3.89. The number of allylic oxidation sites excluding steroid dienone is 1. The Balaban J connectivity index is 1.62. The fraction of sp³-hybridized carbons (Fsp3) is 0.833. The molecule has 0 aromatic rings. The van der Waals surface area contributed by atoms with Gasteiger partial charge in [0.25, 0.3) is 0 Å². The highest BCUT2D eigenvalue weighted by atomic mass is 14.6. The van der Waals surface area contributed by atoms with Crippen molar-refractivity contribution in [3.8, 4) is 6.07 Å². The first kappa shape index (κ1) is 13.2. The van der Waals surface area contributed by atoms with Crippen molar-refractivity contribution in [2.45, 2.75) is 70.6 Å². The molecule has 104 valence electrons. The van der Waals surface area contributed by atoms with E-state index in [9.17, 15) is 5.26 Å². The van der Waals surface area contributed by atoms with E-state index in [1.165, 1.54) is 70.6 Å². The lowest BCUT2D eigenvalue weighted by Crippen LogP contribution is -2.45. The van der Waals surface area contributed by atoms with Crippen LogP contribution in [-0.2, 0) is 0 Å². The molecule has 0 aliphatic heterocycles. The summed E-state index contributed by atoms with van der Waals surface area (Å²) in [5.41, 5.74) is 0.722. The van der Waals surface area contributed by atoms with Gasteiger partial charge in [0.1, 0.15) is 0 Å². The molecule has 4 saturated carbocycles. The Kier molecular flexibility index (Phi) is 3.46. The zero-order valence-electron chi connectivity index (χ0n) is 12.2. The third kappa shape index (κ3) is 2.24. The maximum Gasteiger partial charge on any atom is 0.0689 e. The molecule has 4 aliphatic rings. The van der Waals surface area contributed by atoms with E-state index in [1.54, 1.807) is 0 Å². The van der Waals surface area contributed by atoms with Crippen molar-refractivity contribution in [2.75, 3.05) is 0 Å². The minimum absolute atomic E-state index is 0.0851. The van der Waals surface area contributed by atoms with Crippen LogP contribution in [0.5, 0.6) is 0 Å². The van der Waals surface area contributed by atoms with E-state index in [0.717, 1.165) is 11.8 Å². The number of hydrogen-bond acceptors (Lipinski definition) is 1. The first-order valence-corrected chi connectivity index (χ1v) is 8.24. The Morgan fingerprint density at radius 1 is 1.00 bits per heavy atom. The van der Waals surface area contributed by atoms with E-state index in [4.69, 9.17) is 0 Å². The second kappa shape index (κ2) is 4.97. The molecule has 19 heavy (non-hydrogen) atoms.